The van der Waals surface area contributed by atoms with Crippen molar-refractivity contribution in [2.75, 3.05) is 36.0 Å². The van der Waals surface area contributed by atoms with E-state index in [1.807, 2.05) is 4.90 Å². The first-order valence-corrected chi connectivity index (χ1v) is 10.1. The van der Waals surface area contributed by atoms with Gasteiger partial charge >= 0.3 is 6.03 Å². The van der Waals surface area contributed by atoms with Crippen molar-refractivity contribution in [3.05, 3.63) is 68.7 Å². The summed E-state index contributed by atoms with van der Waals surface area (Å²) >= 11 is 6.15. The van der Waals surface area contributed by atoms with Crippen molar-refractivity contribution >= 4 is 52.6 Å². The molecule has 2 aromatic rings. The van der Waals surface area contributed by atoms with Gasteiger partial charge in [-0.05, 0) is 24.3 Å². The molecule has 2 N–H and O–H groups in total. The molecule has 11 heteroatoms. The van der Waals surface area contributed by atoms with Crippen molar-refractivity contribution in [3.8, 4) is 0 Å². The fourth-order valence-corrected chi connectivity index (χ4v) is 3.85. The maximum Gasteiger partial charge on any atom is 0.335 e. The standard InChI is InChI=1S/C21H18ClN5O5/c22-16-3-1-2-4-18(16)26-20(29)15(19(28)24-21(26)30)12-13-11-14(27(31)32)5-6-17(13)25-9-7-23-8-10-25/h1-6,11-12,23H,7-10H2,(H,24,28,30)/b15-12-. The zero-order chi connectivity index (χ0) is 22.8. The number of urea groups is 1. The Bertz CT molecular complexity index is 1160. The lowest BCUT2D eigenvalue weighted by molar-refractivity contribution is -0.384. The van der Waals surface area contributed by atoms with Crippen LogP contribution in [0.3, 0.4) is 0 Å². The molecule has 2 aromatic carbocycles. The third-order valence-electron chi connectivity index (χ3n) is 5.17. The van der Waals surface area contributed by atoms with Crippen molar-refractivity contribution < 1.29 is 19.3 Å². The van der Waals surface area contributed by atoms with Crippen LogP contribution in [0.15, 0.2) is 48.0 Å². The molecule has 0 unspecified atom stereocenters. The molecule has 0 saturated carbocycles. The number of non-ortho nitro benzene ring substituents is 1. The van der Waals surface area contributed by atoms with Crippen molar-refractivity contribution in [1.29, 1.82) is 0 Å². The van der Waals surface area contributed by atoms with Crippen molar-refractivity contribution in [2.45, 2.75) is 0 Å². The second kappa shape index (κ2) is 8.77. The van der Waals surface area contributed by atoms with Crippen LogP contribution in [0.25, 0.3) is 6.08 Å². The number of imide groups is 2. The zero-order valence-electron chi connectivity index (χ0n) is 16.7. The Hall–Kier alpha value is -3.76. The van der Waals surface area contributed by atoms with Crippen LogP contribution < -0.4 is 20.4 Å². The minimum absolute atomic E-state index is 0.122. The Balaban J connectivity index is 1.80. The number of halogens is 1. The van der Waals surface area contributed by atoms with Gasteiger partial charge in [0.15, 0.2) is 0 Å². The predicted octanol–water partition coefficient (Wildman–Crippen LogP) is 2.32. The second-order valence-electron chi connectivity index (χ2n) is 7.15. The maximum absolute atomic E-state index is 13.2. The van der Waals surface area contributed by atoms with Crippen molar-refractivity contribution in [1.82, 2.24) is 10.6 Å². The molecule has 32 heavy (non-hydrogen) atoms. The number of rotatable bonds is 4. The van der Waals surface area contributed by atoms with E-state index in [-0.39, 0.29) is 22.0 Å². The topological polar surface area (TPSA) is 125 Å². The summed E-state index contributed by atoms with van der Waals surface area (Å²) < 4.78 is 0. The molecule has 10 nitrogen and oxygen atoms in total. The number of barbiturate groups is 1. The summed E-state index contributed by atoms with van der Waals surface area (Å²) in [5, 5.41) is 16.8. The number of hydrogen-bond donors (Lipinski definition) is 2. The largest absolute Gasteiger partial charge is 0.368 e. The minimum Gasteiger partial charge on any atom is -0.368 e. The molecule has 4 rings (SSSR count). The molecule has 0 radical (unpaired) electrons. The number of nitro groups is 1. The van der Waals surface area contributed by atoms with Crippen LogP contribution in [-0.2, 0) is 9.59 Å². The Morgan fingerprint density at radius 1 is 1.03 bits per heavy atom. The van der Waals surface area contributed by atoms with Crippen LogP contribution in [0.4, 0.5) is 21.9 Å². The number of anilines is 2. The Kier molecular flexibility index (Phi) is 5.89. The van der Waals surface area contributed by atoms with Crippen LogP contribution in [-0.4, -0.2) is 48.9 Å². The summed E-state index contributed by atoms with van der Waals surface area (Å²) in [7, 11) is 0. The fourth-order valence-electron chi connectivity index (χ4n) is 3.63. The van der Waals surface area contributed by atoms with E-state index in [0.717, 1.165) is 18.0 Å². The molecule has 2 aliphatic heterocycles. The number of carbonyl (C=O) groups is 3. The molecule has 164 valence electrons. The number of para-hydroxylation sites is 1. The number of nitrogens with one attached hydrogen (secondary N) is 2. The van der Waals surface area contributed by atoms with Gasteiger partial charge in [-0.3, -0.25) is 25.0 Å². The highest BCUT2D eigenvalue weighted by molar-refractivity contribution is 6.42. The first kappa shape index (κ1) is 21.5. The lowest BCUT2D eigenvalue weighted by Crippen LogP contribution is -2.54. The van der Waals surface area contributed by atoms with Gasteiger partial charge in [-0.1, -0.05) is 23.7 Å². The number of piperazine rings is 1. The van der Waals surface area contributed by atoms with E-state index in [1.165, 1.54) is 30.3 Å². The summed E-state index contributed by atoms with van der Waals surface area (Å²) in [6.45, 7) is 2.75. The Morgan fingerprint density at radius 2 is 1.75 bits per heavy atom. The molecular formula is C21H18ClN5O5. The molecule has 2 fully saturated rings. The van der Waals surface area contributed by atoms with Crippen LogP contribution in [0.2, 0.25) is 5.02 Å². The van der Waals surface area contributed by atoms with Crippen LogP contribution in [0, 0.1) is 10.1 Å². The zero-order valence-corrected chi connectivity index (χ0v) is 17.5. The number of nitrogens with zero attached hydrogens (tertiary/aromatic N) is 3. The normalized spacial score (nSPS) is 18.2. The SMILES string of the molecule is O=C1NC(=O)N(c2ccccc2Cl)C(=O)/C1=C\c1cc([N+](=O)[O-])ccc1N1CCNCC1. The molecule has 2 heterocycles. The van der Waals surface area contributed by atoms with Gasteiger partial charge in [0.2, 0.25) is 0 Å². The van der Waals surface area contributed by atoms with Crippen molar-refractivity contribution in [3.63, 3.8) is 0 Å². The highest BCUT2D eigenvalue weighted by Gasteiger charge is 2.38. The van der Waals surface area contributed by atoms with E-state index in [1.54, 1.807) is 18.2 Å². The number of hydrogen-bond acceptors (Lipinski definition) is 7. The molecule has 0 aliphatic carbocycles. The first-order chi connectivity index (χ1) is 15.4. The summed E-state index contributed by atoms with van der Waals surface area (Å²) in [4.78, 5) is 51.7. The number of benzene rings is 2. The average Bonchev–Trinajstić information content (AvgIpc) is 2.78. The third-order valence-corrected chi connectivity index (χ3v) is 5.49. The molecule has 0 atom stereocenters. The monoisotopic (exact) mass is 455 g/mol. The van der Waals surface area contributed by atoms with Gasteiger partial charge < -0.3 is 10.2 Å². The second-order valence-corrected chi connectivity index (χ2v) is 7.55. The summed E-state index contributed by atoms with van der Waals surface area (Å²) in [6.07, 6.45) is 1.28. The molecular weight excluding hydrogens is 438 g/mol. The molecule has 2 aliphatic rings. The Morgan fingerprint density at radius 3 is 2.44 bits per heavy atom. The highest BCUT2D eigenvalue weighted by Crippen LogP contribution is 2.31. The lowest BCUT2D eigenvalue weighted by Gasteiger charge is -2.31. The van der Waals surface area contributed by atoms with Gasteiger partial charge in [0.05, 0.1) is 15.6 Å². The van der Waals surface area contributed by atoms with E-state index in [9.17, 15) is 24.5 Å². The van der Waals surface area contributed by atoms with Gasteiger partial charge in [0.1, 0.15) is 5.57 Å². The molecule has 0 bridgehead atoms. The predicted molar refractivity (Wildman–Crippen MR) is 119 cm³/mol. The highest BCUT2D eigenvalue weighted by atomic mass is 35.5. The van der Waals surface area contributed by atoms with E-state index < -0.39 is 22.8 Å². The smallest absolute Gasteiger partial charge is 0.335 e. The van der Waals surface area contributed by atoms with Gasteiger partial charge in [-0.15, -0.1) is 0 Å². The third kappa shape index (κ3) is 4.05. The van der Waals surface area contributed by atoms with Gasteiger partial charge in [-0.25, -0.2) is 9.69 Å². The van der Waals surface area contributed by atoms with E-state index in [0.29, 0.717) is 24.3 Å². The quantitative estimate of drug-likeness (QED) is 0.313. The fraction of sp³-hybridized carbons (Fsp3) is 0.190. The van der Waals surface area contributed by atoms with Gasteiger partial charge in [-0.2, -0.15) is 0 Å². The van der Waals surface area contributed by atoms with E-state index in [2.05, 4.69) is 10.6 Å². The first-order valence-electron chi connectivity index (χ1n) is 9.77. The van der Waals surface area contributed by atoms with Crippen LogP contribution in [0.1, 0.15) is 5.56 Å². The number of nitro benzene ring substituents is 1. The van der Waals surface area contributed by atoms with E-state index in [4.69, 9.17) is 11.6 Å². The molecule has 0 aromatic heterocycles. The summed E-state index contributed by atoms with van der Waals surface area (Å²) in [5.74, 6) is -1.76. The van der Waals surface area contributed by atoms with E-state index >= 15 is 0 Å². The van der Waals surface area contributed by atoms with Crippen molar-refractivity contribution in [2.24, 2.45) is 0 Å². The summed E-state index contributed by atoms with van der Waals surface area (Å²) in [6, 6.07) is 9.59. The number of amides is 4. The maximum atomic E-state index is 13.2. The van der Waals surface area contributed by atoms with Crippen LogP contribution in [0.5, 0.6) is 0 Å². The average molecular weight is 456 g/mol. The van der Waals surface area contributed by atoms with Crippen LogP contribution >= 0.6 is 11.6 Å². The molecule has 4 amide bonds. The number of carbonyl (C=O) groups excluding carboxylic acids is 3. The summed E-state index contributed by atoms with van der Waals surface area (Å²) in [5.41, 5.74) is 0.579. The van der Waals surface area contributed by atoms with Gasteiger partial charge in [0, 0.05) is 49.6 Å². The molecule has 2 saturated heterocycles. The Labute approximate surface area is 187 Å². The molecule has 0 spiro atoms. The minimum atomic E-state index is -0.924. The lowest BCUT2D eigenvalue weighted by atomic mass is 10.0. The van der Waals surface area contributed by atoms with Gasteiger partial charge in [0.25, 0.3) is 17.5 Å².